The van der Waals surface area contributed by atoms with Crippen LogP contribution in [0.4, 0.5) is 0 Å². The van der Waals surface area contributed by atoms with Gasteiger partial charge in [-0.25, -0.2) is 4.98 Å². The summed E-state index contributed by atoms with van der Waals surface area (Å²) in [5.41, 5.74) is 1.40. The highest BCUT2D eigenvalue weighted by molar-refractivity contribution is 5.94. The van der Waals surface area contributed by atoms with Gasteiger partial charge in [-0.2, -0.15) is 0 Å². The van der Waals surface area contributed by atoms with Crippen LogP contribution in [0.3, 0.4) is 0 Å². The predicted molar refractivity (Wildman–Crippen MR) is 111 cm³/mol. The predicted octanol–water partition coefficient (Wildman–Crippen LogP) is 3.39. The van der Waals surface area contributed by atoms with Crippen molar-refractivity contribution >= 4 is 11.8 Å². The maximum absolute atomic E-state index is 13.0. The van der Waals surface area contributed by atoms with Crippen molar-refractivity contribution in [2.24, 2.45) is 0 Å². The van der Waals surface area contributed by atoms with Crippen LogP contribution in [0.15, 0.2) is 28.7 Å². The Morgan fingerprint density at radius 1 is 1.13 bits per heavy atom. The second kappa shape index (κ2) is 8.90. The molecule has 4 rings (SSSR count). The number of likely N-dealkylation sites (tertiary alicyclic amines) is 1. The van der Waals surface area contributed by atoms with Crippen LogP contribution in [0.5, 0.6) is 5.75 Å². The van der Waals surface area contributed by atoms with Crippen molar-refractivity contribution in [3.8, 4) is 5.75 Å². The van der Waals surface area contributed by atoms with Crippen LogP contribution >= 0.6 is 0 Å². The summed E-state index contributed by atoms with van der Waals surface area (Å²) in [6.45, 7) is 6.74. The van der Waals surface area contributed by atoms with Gasteiger partial charge in [0, 0.05) is 37.5 Å². The minimum Gasteiger partial charge on any atom is -0.484 e. The summed E-state index contributed by atoms with van der Waals surface area (Å²) in [4.78, 5) is 33.5. The van der Waals surface area contributed by atoms with Crippen LogP contribution in [-0.2, 0) is 17.8 Å². The second-order valence-corrected chi connectivity index (χ2v) is 8.31. The maximum atomic E-state index is 13.0. The van der Waals surface area contributed by atoms with Crippen molar-refractivity contribution in [2.75, 3.05) is 26.2 Å². The number of hydrogen-bond donors (Lipinski definition) is 0. The van der Waals surface area contributed by atoms with Gasteiger partial charge >= 0.3 is 0 Å². The molecule has 1 saturated heterocycles. The second-order valence-electron chi connectivity index (χ2n) is 8.31. The number of amides is 2. The highest BCUT2D eigenvalue weighted by atomic mass is 16.5. The molecular formula is C23H29N3O4. The number of oxazole rings is 1. The van der Waals surface area contributed by atoms with Gasteiger partial charge in [0.25, 0.3) is 11.8 Å². The first kappa shape index (κ1) is 20.4. The Morgan fingerprint density at radius 3 is 2.70 bits per heavy atom. The molecule has 2 aromatic rings. The molecular weight excluding hydrogens is 382 g/mol. The van der Waals surface area contributed by atoms with Crippen LogP contribution < -0.4 is 4.74 Å². The third-order valence-corrected chi connectivity index (χ3v) is 5.68. The number of nitrogens with zero attached hydrogens (tertiary/aromatic N) is 3. The molecule has 0 N–H and O–H groups in total. The fraction of sp³-hybridized carbons (Fsp3) is 0.522. The molecule has 30 heavy (non-hydrogen) atoms. The molecule has 2 aliphatic rings. The zero-order valence-corrected chi connectivity index (χ0v) is 17.7. The largest absolute Gasteiger partial charge is 0.484 e. The number of piperidine rings is 1. The SMILES string of the molecule is CC(C)c1nc2c(o1)CCN(C(=O)c1cccc(OCC(=O)N3CCCCC3)c1)C2. The van der Waals surface area contributed by atoms with Crippen molar-refractivity contribution in [3.05, 3.63) is 47.2 Å². The van der Waals surface area contributed by atoms with E-state index in [-0.39, 0.29) is 24.3 Å². The number of carbonyl (C=O) groups excluding carboxylic acids is 2. The van der Waals surface area contributed by atoms with Crippen LogP contribution in [-0.4, -0.2) is 52.8 Å². The fourth-order valence-corrected chi connectivity index (χ4v) is 3.92. The first-order chi connectivity index (χ1) is 14.5. The van der Waals surface area contributed by atoms with Gasteiger partial charge in [-0.3, -0.25) is 9.59 Å². The Hall–Kier alpha value is -2.83. The van der Waals surface area contributed by atoms with Gasteiger partial charge in [0.15, 0.2) is 12.5 Å². The summed E-state index contributed by atoms with van der Waals surface area (Å²) in [7, 11) is 0. The van der Waals surface area contributed by atoms with Crippen molar-refractivity contribution in [3.63, 3.8) is 0 Å². The number of fused-ring (bicyclic) bond motifs is 1. The van der Waals surface area contributed by atoms with Crippen LogP contribution in [0, 0.1) is 0 Å². The Labute approximate surface area is 177 Å². The van der Waals surface area contributed by atoms with Crippen LogP contribution in [0.25, 0.3) is 0 Å². The van der Waals surface area contributed by atoms with E-state index in [1.165, 1.54) is 6.42 Å². The van der Waals surface area contributed by atoms with Gasteiger partial charge in [0.1, 0.15) is 17.2 Å². The molecule has 7 heteroatoms. The number of rotatable bonds is 5. The van der Waals surface area contributed by atoms with E-state index in [1.807, 2.05) is 18.7 Å². The maximum Gasteiger partial charge on any atom is 0.260 e. The molecule has 0 unspecified atom stereocenters. The number of carbonyl (C=O) groups is 2. The number of aromatic nitrogens is 1. The van der Waals surface area contributed by atoms with E-state index in [2.05, 4.69) is 4.98 Å². The summed E-state index contributed by atoms with van der Waals surface area (Å²) in [5, 5.41) is 0. The highest BCUT2D eigenvalue weighted by Crippen LogP contribution is 2.25. The van der Waals surface area contributed by atoms with Gasteiger partial charge in [-0.15, -0.1) is 0 Å². The number of ether oxygens (including phenoxy) is 1. The van der Waals surface area contributed by atoms with Crippen molar-refractivity contribution in [1.82, 2.24) is 14.8 Å². The number of hydrogen-bond acceptors (Lipinski definition) is 5. The Balaban J connectivity index is 1.38. The van der Waals surface area contributed by atoms with Crippen molar-refractivity contribution < 1.29 is 18.7 Å². The van der Waals surface area contributed by atoms with Crippen molar-refractivity contribution in [2.45, 2.75) is 52.0 Å². The first-order valence-corrected chi connectivity index (χ1v) is 10.8. The zero-order chi connectivity index (χ0) is 21.1. The third kappa shape index (κ3) is 4.50. The first-order valence-electron chi connectivity index (χ1n) is 10.8. The average molecular weight is 412 g/mol. The monoisotopic (exact) mass is 411 g/mol. The van der Waals surface area contributed by atoms with Crippen LogP contribution in [0.2, 0.25) is 0 Å². The smallest absolute Gasteiger partial charge is 0.260 e. The van der Waals surface area contributed by atoms with E-state index in [0.717, 1.165) is 43.3 Å². The molecule has 1 aromatic carbocycles. The molecule has 0 spiro atoms. The zero-order valence-electron chi connectivity index (χ0n) is 17.7. The summed E-state index contributed by atoms with van der Waals surface area (Å²) >= 11 is 0. The lowest BCUT2D eigenvalue weighted by Gasteiger charge is -2.27. The van der Waals surface area contributed by atoms with Gasteiger partial charge in [0.05, 0.1) is 6.54 Å². The lowest BCUT2D eigenvalue weighted by Crippen LogP contribution is -2.38. The van der Waals surface area contributed by atoms with Gasteiger partial charge in [-0.1, -0.05) is 19.9 Å². The van der Waals surface area contributed by atoms with Crippen molar-refractivity contribution in [1.29, 1.82) is 0 Å². The molecule has 2 amide bonds. The fourth-order valence-electron chi connectivity index (χ4n) is 3.92. The summed E-state index contributed by atoms with van der Waals surface area (Å²) in [6, 6.07) is 7.06. The summed E-state index contributed by atoms with van der Waals surface area (Å²) in [5.74, 6) is 2.30. The molecule has 2 aliphatic heterocycles. The third-order valence-electron chi connectivity index (χ3n) is 5.68. The average Bonchev–Trinajstić information content (AvgIpc) is 3.21. The molecule has 0 saturated carbocycles. The number of benzene rings is 1. The lowest BCUT2D eigenvalue weighted by atomic mass is 10.1. The molecule has 160 valence electrons. The van der Waals surface area contributed by atoms with E-state index in [9.17, 15) is 9.59 Å². The quantitative estimate of drug-likeness (QED) is 0.754. The lowest BCUT2D eigenvalue weighted by molar-refractivity contribution is -0.134. The Bertz CT molecular complexity index is 915. The topological polar surface area (TPSA) is 75.9 Å². The molecule has 0 atom stereocenters. The highest BCUT2D eigenvalue weighted by Gasteiger charge is 2.27. The summed E-state index contributed by atoms with van der Waals surface area (Å²) in [6.07, 6.45) is 3.95. The standard InChI is InChI=1S/C23H29N3O4/c1-16(2)22-24-19-14-26(12-9-20(19)30-22)23(28)17-7-6-8-18(13-17)29-15-21(27)25-10-4-3-5-11-25/h6-8,13,16H,3-5,9-12,14-15H2,1-2H3. The molecule has 0 bridgehead atoms. The van der Waals surface area contributed by atoms with Gasteiger partial charge in [0.2, 0.25) is 0 Å². The summed E-state index contributed by atoms with van der Waals surface area (Å²) < 4.78 is 11.5. The van der Waals surface area contributed by atoms with E-state index >= 15 is 0 Å². The molecule has 3 heterocycles. The molecule has 7 nitrogen and oxygen atoms in total. The van der Waals surface area contributed by atoms with E-state index in [4.69, 9.17) is 9.15 Å². The van der Waals surface area contributed by atoms with E-state index in [1.54, 1.807) is 29.2 Å². The Kier molecular flexibility index (Phi) is 6.06. The minimum absolute atomic E-state index is 0.00162. The van der Waals surface area contributed by atoms with E-state index < -0.39 is 0 Å². The van der Waals surface area contributed by atoms with Crippen LogP contribution in [0.1, 0.15) is 66.7 Å². The molecule has 1 fully saturated rings. The van der Waals surface area contributed by atoms with Gasteiger partial charge < -0.3 is 19.0 Å². The normalized spacial score (nSPS) is 16.5. The Morgan fingerprint density at radius 2 is 1.93 bits per heavy atom. The van der Waals surface area contributed by atoms with E-state index in [0.29, 0.717) is 30.8 Å². The molecule has 1 aromatic heterocycles. The van der Waals surface area contributed by atoms with Gasteiger partial charge in [-0.05, 0) is 37.5 Å². The molecule has 0 aliphatic carbocycles. The minimum atomic E-state index is -0.0671. The molecule has 0 radical (unpaired) electrons.